The van der Waals surface area contributed by atoms with Gasteiger partial charge >= 0.3 is 0 Å². The number of fused-ring (bicyclic) bond motifs is 1. The second kappa shape index (κ2) is 6.28. The minimum atomic E-state index is -0.820. The summed E-state index contributed by atoms with van der Waals surface area (Å²) in [4.78, 5) is 8.06. The molecule has 0 saturated heterocycles. The van der Waals surface area contributed by atoms with Crippen LogP contribution in [0.2, 0.25) is 5.02 Å². The van der Waals surface area contributed by atoms with E-state index < -0.39 is 6.10 Å². The molecule has 1 unspecified atom stereocenters. The largest absolute Gasteiger partial charge is 0.490 e. The van der Waals surface area contributed by atoms with Gasteiger partial charge in [0.05, 0.1) is 10.9 Å². The third kappa shape index (κ3) is 3.28. The fraction of sp³-hybridized carbons (Fsp3) is 0.125. The van der Waals surface area contributed by atoms with Crippen LogP contribution in [-0.4, -0.2) is 21.7 Å². The molecule has 7 heteroatoms. The van der Waals surface area contributed by atoms with Gasteiger partial charge in [0.1, 0.15) is 24.3 Å². The van der Waals surface area contributed by atoms with Gasteiger partial charge in [-0.3, -0.25) is 0 Å². The first kappa shape index (κ1) is 15.3. The summed E-state index contributed by atoms with van der Waals surface area (Å²) in [5.74, 6) is 0.826. The Morgan fingerprint density at radius 3 is 2.70 bits per heavy atom. The maximum absolute atomic E-state index is 10.2. The van der Waals surface area contributed by atoms with Crippen molar-refractivity contribution < 1.29 is 9.84 Å². The molecule has 0 amide bonds. The first-order valence-corrected chi connectivity index (χ1v) is 7.30. The summed E-state index contributed by atoms with van der Waals surface area (Å²) in [5.41, 5.74) is 12.8. The fourth-order valence-electron chi connectivity index (χ4n) is 2.30. The highest BCUT2D eigenvalue weighted by molar-refractivity contribution is 6.30. The Morgan fingerprint density at radius 1 is 1.13 bits per heavy atom. The van der Waals surface area contributed by atoms with E-state index in [0.29, 0.717) is 27.2 Å². The molecule has 6 nitrogen and oxygen atoms in total. The molecule has 0 fully saturated rings. The molecule has 2 aromatic carbocycles. The maximum atomic E-state index is 10.2. The summed E-state index contributed by atoms with van der Waals surface area (Å²) < 4.78 is 5.70. The van der Waals surface area contributed by atoms with Crippen LogP contribution >= 0.6 is 11.6 Å². The number of hydrogen-bond acceptors (Lipinski definition) is 6. The SMILES string of the molecule is Nc1nc(N)c2c(OCC(O)c3cccc(Cl)c3)cccc2n1. The monoisotopic (exact) mass is 330 g/mol. The number of aromatic nitrogens is 2. The Hall–Kier alpha value is -2.57. The second-order valence-electron chi connectivity index (χ2n) is 5.00. The van der Waals surface area contributed by atoms with Crippen LogP contribution in [0.25, 0.3) is 10.9 Å². The standard InChI is InChI=1S/C16H15ClN4O2/c17-10-4-1-3-9(7-10)12(22)8-23-13-6-2-5-11-14(13)15(18)21-16(19)20-11/h1-7,12,22H,8H2,(H4,18,19,20,21). The zero-order valence-electron chi connectivity index (χ0n) is 12.1. The highest BCUT2D eigenvalue weighted by Crippen LogP contribution is 2.30. The third-order valence-corrected chi connectivity index (χ3v) is 3.60. The van der Waals surface area contributed by atoms with E-state index >= 15 is 0 Å². The Morgan fingerprint density at radius 2 is 1.91 bits per heavy atom. The van der Waals surface area contributed by atoms with Crippen LogP contribution in [0.3, 0.4) is 0 Å². The maximum Gasteiger partial charge on any atom is 0.222 e. The molecule has 0 spiro atoms. The van der Waals surface area contributed by atoms with Gasteiger partial charge in [0.15, 0.2) is 0 Å². The molecular weight excluding hydrogens is 316 g/mol. The molecule has 118 valence electrons. The molecule has 5 N–H and O–H groups in total. The van der Waals surface area contributed by atoms with Gasteiger partial charge in [0.25, 0.3) is 0 Å². The van der Waals surface area contributed by atoms with Gasteiger partial charge in [-0.05, 0) is 29.8 Å². The van der Waals surface area contributed by atoms with Crippen molar-refractivity contribution in [2.24, 2.45) is 0 Å². The van der Waals surface area contributed by atoms with Crippen molar-refractivity contribution in [1.29, 1.82) is 0 Å². The lowest BCUT2D eigenvalue weighted by molar-refractivity contribution is 0.109. The summed E-state index contributed by atoms with van der Waals surface area (Å²) in [6, 6.07) is 12.3. The molecule has 1 heterocycles. The van der Waals surface area contributed by atoms with Crippen molar-refractivity contribution in [2.45, 2.75) is 6.10 Å². The third-order valence-electron chi connectivity index (χ3n) is 3.36. The molecular formula is C16H15ClN4O2. The zero-order chi connectivity index (χ0) is 16.4. The number of anilines is 2. The number of halogens is 1. The van der Waals surface area contributed by atoms with Crippen molar-refractivity contribution in [3.05, 3.63) is 53.1 Å². The minimum absolute atomic E-state index is 0.0449. The summed E-state index contributed by atoms with van der Waals surface area (Å²) >= 11 is 5.92. The van der Waals surface area contributed by atoms with Crippen LogP contribution in [0.15, 0.2) is 42.5 Å². The predicted octanol–water partition coefficient (Wildman–Crippen LogP) is 2.56. The zero-order valence-corrected chi connectivity index (χ0v) is 12.9. The van der Waals surface area contributed by atoms with Crippen LogP contribution in [0, 0.1) is 0 Å². The molecule has 0 saturated carbocycles. The molecule has 1 atom stereocenters. The average molecular weight is 331 g/mol. The lowest BCUT2D eigenvalue weighted by atomic mass is 10.1. The normalized spacial score (nSPS) is 12.3. The van der Waals surface area contributed by atoms with Crippen molar-refractivity contribution in [2.75, 3.05) is 18.1 Å². The number of nitrogens with two attached hydrogens (primary N) is 2. The average Bonchev–Trinajstić information content (AvgIpc) is 2.52. The van der Waals surface area contributed by atoms with Gasteiger partial charge in [-0.1, -0.05) is 29.8 Å². The molecule has 3 rings (SSSR count). The number of ether oxygens (including phenoxy) is 1. The lowest BCUT2D eigenvalue weighted by Gasteiger charge is -2.15. The van der Waals surface area contributed by atoms with Crippen LogP contribution in [0.4, 0.5) is 11.8 Å². The minimum Gasteiger partial charge on any atom is -0.490 e. The number of hydrogen-bond donors (Lipinski definition) is 3. The highest BCUT2D eigenvalue weighted by Gasteiger charge is 2.13. The quantitative estimate of drug-likeness (QED) is 0.678. The molecule has 23 heavy (non-hydrogen) atoms. The molecule has 0 aliphatic heterocycles. The summed E-state index contributed by atoms with van der Waals surface area (Å²) in [7, 11) is 0. The van der Waals surface area contributed by atoms with Gasteiger partial charge in [-0.15, -0.1) is 0 Å². The summed E-state index contributed by atoms with van der Waals surface area (Å²) in [5, 5.41) is 11.4. The van der Waals surface area contributed by atoms with Crippen LogP contribution < -0.4 is 16.2 Å². The van der Waals surface area contributed by atoms with Crippen LogP contribution in [0.5, 0.6) is 5.75 Å². The number of nitrogens with zero attached hydrogens (tertiary/aromatic N) is 2. The Bertz CT molecular complexity index is 857. The summed E-state index contributed by atoms with van der Waals surface area (Å²) in [6.07, 6.45) is -0.820. The topological polar surface area (TPSA) is 107 Å². The Balaban J connectivity index is 1.85. The van der Waals surface area contributed by atoms with Gasteiger partial charge < -0.3 is 21.3 Å². The van der Waals surface area contributed by atoms with E-state index in [2.05, 4.69) is 9.97 Å². The summed E-state index contributed by atoms with van der Waals surface area (Å²) in [6.45, 7) is 0.0449. The first-order valence-electron chi connectivity index (χ1n) is 6.92. The molecule has 1 aromatic heterocycles. The first-order chi connectivity index (χ1) is 11.0. The van der Waals surface area contributed by atoms with Crippen molar-refractivity contribution >= 4 is 34.3 Å². The fourth-order valence-corrected chi connectivity index (χ4v) is 2.50. The van der Waals surface area contributed by atoms with Gasteiger partial charge in [-0.25, -0.2) is 4.98 Å². The van der Waals surface area contributed by atoms with E-state index in [1.807, 2.05) is 0 Å². The smallest absolute Gasteiger partial charge is 0.222 e. The Kier molecular flexibility index (Phi) is 4.18. The van der Waals surface area contributed by atoms with Crippen molar-refractivity contribution in [3.8, 4) is 5.75 Å². The van der Waals surface area contributed by atoms with Gasteiger partial charge in [0, 0.05) is 5.02 Å². The highest BCUT2D eigenvalue weighted by atomic mass is 35.5. The molecule has 0 radical (unpaired) electrons. The van der Waals surface area contributed by atoms with Crippen LogP contribution in [-0.2, 0) is 0 Å². The van der Waals surface area contributed by atoms with Gasteiger partial charge in [-0.2, -0.15) is 4.98 Å². The second-order valence-corrected chi connectivity index (χ2v) is 5.44. The van der Waals surface area contributed by atoms with E-state index in [4.69, 9.17) is 27.8 Å². The van der Waals surface area contributed by atoms with E-state index in [0.717, 1.165) is 0 Å². The van der Waals surface area contributed by atoms with E-state index in [9.17, 15) is 5.11 Å². The van der Waals surface area contributed by atoms with Crippen molar-refractivity contribution in [1.82, 2.24) is 9.97 Å². The molecule has 3 aromatic rings. The molecule has 0 aliphatic rings. The number of aliphatic hydroxyl groups excluding tert-OH is 1. The number of benzene rings is 2. The lowest BCUT2D eigenvalue weighted by Crippen LogP contribution is -2.10. The molecule has 0 bridgehead atoms. The number of rotatable bonds is 4. The van der Waals surface area contributed by atoms with E-state index in [-0.39, 0.29) is 18.4 Å². The molecule has 0 aliphatic carbocycles. The number of nitrogen functional groups attached to an aromatic ring is 2. The van der Waals surface area contributed by atoms with Crippen molar-refractivity contribution in [3.63, 3.8) is 0 Å². The van der Waals surface area contributed by atoms with E-state index in [1.54, 1.807) is 42.5 Å². The number of aliphatic hydroxyl groups is 1. The predicted molar refractivity (Wildman–Crippen MR) is 90.3 cm³/mol. The van der Waals surface area contributed by atoms with E-state index in [1.165, 1.54) is 0 Å². The van der Waals surface area contributed by atoms with Crippen LogP contribution in [0.1, 0.15) is 11.7 Å². The Labute approximate surface area is 137 Å². The van der Waals surface area contributed by atoms with Gasteiger partial charge in [0.2, 0.25) is 5.95 Å².